The van der Waals surface area contributed by atoms with Crippen LogP contribution < -0.4 is 29.4 Å². The summed E-state index contributed by atoms with van der Waals surface area (Å²) in [6, 6.07) is 0. The quantitative estimate of drug-likeness (QED) is 0.235. The number of hydrogen-bond donors (Lipinski definition) is 0. The molecule has 20 heteroatoms. The number of hydrogen-bond acceptors (Lipinski definition) is 8. The van der Waals surface area contributed by atoms with E-state index in [1.165, 1.54) is 0 Å². The maximum absolute atomic E-state index is 8.55. The standard InChI is InChI=1S/3Mn.2H3O4P.7H2O/c;;;2*1-5(2,3)4;;;;;;;/h;;;2*(H3,1,2,3,4);7*1H2/q3*+2;;;;;;;;;/p-6. The van der Waals surface area contributed by atoms with Gasteiger partial charge in [0.05, 0.1) is 0 Å². The first-order chi connectivity index (χ1) is 4.00. The molecule has 3 radical (unpaired) electrons. The van der Waals surface area contributed by atoms with Gasteiger partial charge in [0, 0.05) is 0 Å². The Bertz CT molecular complexity index is 133. The van der Waals surface area contributed by atoms with Crippen molar-refractivity contribution in [1.29, 1.82) is 0 Å². The summed E-state index contributed by atoms with van der Waals surface area (Å²) in [7, 11) is -10.8. The first-order valence-electron chi connectivity index (χ1n) is 1.46. The van der Waals surface area contributed by atoms with E-state index < -0.39 is 15.6 Å². The summed E-state index contributed by atoms with van der Waals surface area (Å²) in [6.45, 7) is 0. The maximum Gasteiger partial charge on any atom is 2.00 e. The summed E-state index contributed by atoms with van der Waals surface area (Å²) < 4.78 is 17.1. The molecule has 0 saturated carbocycles. The van der Waals surface area contributed by atoms with Gasteiger partial charge in [-0.25, -0.2) is 0 Å². The average Bonchev–Trinajstić information content (AvgIpc) is 1.12. The predicted molar refractivity (Wildman–Crippen MR) is 40.5 cm³/mol. The molecule has 0 aromatic heterocycles. The van der Waals surface area contributed by atoms with Crippen LogP contribution >= 0.6 is 15.6 Å². The van der Waals surface area contributed by atoms with Crippen molar-refractivity contribution in [3.8, 4) is 0 Å². The van der Waals surface area contributed by atoms with Crippen LogP contribution in [-0.4, -0.2) is 38.3 Å². The molecular formula is H14Mn3O15P2. The zero-order valence-corrected chi connectivity index (χ0v) is 14.1. The van der Waals surface area contributed by atoms with E-state index in [1.54, 1.807) is 0 Å². The van der Waals surface area contributed by atoms with Crippen molar-refractivity contribution >= 4 is 15.6 Å². The van der Waals surface area contributed by atoms with Crippen molar-refractivity contribution < 1.29 is 128 Å². The fourth-order valence-corrected chi connectivity index (χ4v) is 0. The second-order valence-corrected chi connectivity index (χ2v) is 2.68. The van der Waals surface area contributed by atoms with Gasteiger partial charge in [0.2, 0.25) is 0 Å². The minimum absolute atomic E-state index is 0. The topological polar surface area (TPSA) is 393 Å². The fourth-order valence-electron chi connectivity index (χ4n) is 0. The Balaban J connectivity index is -0.00000000427. The Morgan fingerprint density at radius 1 is 0.400 bits per heavy atom. The van der Waals surface area contributed by atoms with E-state index >= 15 is 0 Å². The van der Waals surface area contributed by atoms with Crippen molar-refractivity contribution in [2.75, 3.05) is 0 Å². The zero-order valence-electron chi connectivity index (χ0n) is 8.79. The van der Waals surface area contributed by atoms with Crippen LogP contribution in [0.25, 0.3) is 0 Å². The monoisotopic (exact) mass is 481 g/mol. The molecule has 0 aromatic rings. The van der Waals surface area contributed by atoms with Crippen LogP contribution in [0.4, 0.5) is 0 Å². The Morgan fingerprint density at radius 2 is 0.400 bits per heavy atom. The molecule has 0 rings (SSSR count). The van der Waals surface area contributed by atoms with Gasteiger partial charge in [-0.05, 0) is 0 Å². The fraction of sp³-hybridized carbons (Fsp3) is 0. The van der Waals surface area contributed by atoms with Gasteiger partial charge in [0.1, 0.15) is 0 Å². The summed E-state index contributed by atoms with van der Waals surface area (Å²) in [5, 5.41) is 0. The van der Waals surface area contributed by atoms with E-state index in [-0.39, 0.29) is 89.5 Å². The number of rotatable bonds is 0. The summed E-state index contributed by atoms with van der Waals surface area (Å²) >= 11 is 0. The molecule has 0 fully saturated rings. The first kappa shape index (κ1) is 100. The smallest absolute Gasteiger partial charge is 0.822 e. The minimum atomic E-state index is -5.39. The van der Waals surface area contributed by atoms with Gasteiger partial charge < -0.3 is 76.8 Å². The molecule has 0 aromatic carbocycles. The molecule has 14 N–H and O–H groups in total. The first-order valence-corrected chi connectivity index (χ1v) is 4.38. The molecule has 0 bridgehead atoms. The van der Waals surface area contributed by atoms with Crippen LogP contribution in [0, 0.1) is 0 Å². The summed E-state index contributed by atoms with van der Waals surface area (Å²) in [4.78, 5) is 51.3. The van der Waals surface area contributed by atoms with Gasteiger partial charge in [-0.15, -0.1) is 0 Å². The van der Waals surface area contributed by atoms with Crippen LogP contribution in [0.15, 0.2) is 0 Å². The SMILES string of the molecule is O.O.O.O.O.O.O.O=P([O-])([O-])[O-].O=P([O-])([O-])[O-].[Mn+2].[Mn+2].[Mn+2]. The normalized spacial score (nSPS) is 5.90. The third-order valence-electron chi connectivity index (χ3n) is 0. The van der Waals surface area contributed by atoms with Crippen LogP contribution in [-0.2, 0) is 60.3 Å². The Morgan fingerprint density at radius 3 is 0.400 bits per heavy atom. The zero-order chi connectivity index (χ0) is 9.00. The van der Waals surface area contributed by atoms with E-state index in [0.29, 0.717) is 0 Å². The van der Waals surface area contributed by atoms with Crippen molar-refractivity contribution in [3.63, 3.8) is 0 Å². The van der Waals surface area contributed by atoms with E-state index in [9.17, 15) is 0 Å². The molecule has 0 aliphatic rings. The Kier molecular flexibility index (Phi) is 214. The molecule has 0 spiro atoms. The molecule has 0 aliphatic heterocycles. The van der Waals surface area contributed by atoms with Crippen LogP contribution in [0.5, 0.6) is 0 Å². The van der Waals surface area contributed by atoms with E-state index in [1.807, 2.05) is 0 Å². The van der Waals surface area contributed by atoms with E-state index in [2.05, 4.69) is 0 Å². The van der Waals surface area contributed by atoms with E-state index in [4.69, 9.17) is 38.5 Å². The third kappa shape index (κ3) is 2970. The van der Waals surface area contributed by atoms with Gasteiger partial charge in [-0.3, -0.25) is 0 Å². The molecule has 15 nitrogen and oxygen atoms in total. The van der Waals surface area contributed by atoms with Crippen LogP contribution in [0.3, 0.4) is 0 Å². The molecular weight excluding hydrogens is 467 g/mol. The molecule has 0 aliphatic carbocycles. The largest absolute Gasteiger partial charge is 2.00 e. The van der Waals surface area contributed by atoms with Gasteiger partial charge >= 0.3 is 51.2 Å². The third-order valence-corrected chi connectivity index (χ3v) is 0. The van der Waals surface area contributed by atoms with Crippen molar-refractivity contribution in [2.24, 2.45) is 0 Å². The molecule has 20 heavy (non-hydrogen) atoms. The molecule has 0 heterocycles. The predicted octanol–water partition coefficient (Wildman–Crippen LogP) is -11.4. The molecule has 135 valence electrons. The van der Waals surface area contributed by atoms with Gasteiger partial charge in [0.15, 0.2) is 0 Å². The molecule has 0 atom stereocenters. The van der Waals surface area contributed by atoms with Crippen molar-refractivity contribution in [1.82, 2.24) is 0 Å². The van der Waals surface area contributed by atoms with Gasteiger partial charge in [-0.2, -0.15) is 15.6 Å². The van der Waals surface area contributed by atoms with Crippen molar-refractivity contribution in [3.05, 3.63) is 0 Å². The van der Waals surface area contributed by atoms with Crippen LogP contribution in [0.2, 0.25) is 0 Å². The Labute approximate surface area is 143 Å². The molecule has 0 saturated heterocycles. The second kappa shape index (κ2) is 42.8. The van der Waals surface area contributed by atoms with Gasteiger partial charge in [-0.1, -0.05) is 0 Å². The summed E-state index contributed by atoms with van der Waals surface area (Å²) in [5.74, 6) is 0. The number of phosphoric acid groups is 2. The summed E-state index contributed by atoms with van der Waals surface area (Å²) in [6.07, 6.45) is 0. The minimum Gasteiger partial charge on any atom is -0.822 e. The summed E-state index contributed by atoms with van der Waals surface area (Å²) in [5.41, 5.74) is 0. The Hall–Kier alpha value is 1.50. The molecule has 0 unspecified atom stereocenters. The molecule has 0 amide bonds. The van der Waals surface area contributed by atoms with Crippen molar-refractivity contribution in [2.45, 2.75) is 0 Å². The average molecular weight is 481 g/mol. The van der Waals surface area contributed by atoms with Crippen LogP contribution in [0.1, 0.15) is 0 Å². The van der Waals surface area contributed by atoms with Gasteiger partial charge in [0.25, 0.3) is 0 Å². The van der Waals surface area contributed by atoms with E-state index in [0.717, 1.165) is 0 Å². The maximum atomic E-state index is 8.55. The second-order valence-electron chi connectivity index (χ2n) is 0.894.